The van der Waals surface area contributed by atoms with Crippen LogP contribution in [0.15, 0.2) is 46.8 Å². The highest BCUT2D eigenvalue weighted by atomic mass is 35.5. The molecule has 0 radical (unpaired) electrons. The van der Waals surface area contributed by atoms with E-state index in [1.165, 1.54) is 22.1 Å². The highest BCUT2D eigenvalue weighted by Gasteiger charge is 2.31. The molecule has 1 amide bonds. The first-order chi connectivity index (χ1) is 17.7. The molecule has 1 aliphatic rings. The van der Waals surface area contributed by atoms with E-state index < -0.39 is 23.2 Å². The molecule has 188 valence electrons. The van der Waals surface area contributed by atoms with Gasteiger partial charge in [-0.05, 0) is 37.0 Å². The Bertz CT molecular complexity index is 1600. The van der Waals surface area contributed by atoms with Crippen molar-refractivity contribution in [2.75, 3.05) is 5.32 Å². The van der Waals surface area contributed by atoms with Crippen LogP contribution in [0.25, 0.3) is 11.1 Å². The van der Waals surface area contributed by atoms with Crippen molar-refractivity contribution in [1.82, 2.24) is 19.7 Å². The number of aromatic nitrogens is 4. The van der Waals surface area contributed by atoms with Crippen LogP contribution in [0.3, 0.4) is 0 Å². The molecule has 3 heterocycles. The first kappa shape index (κ1) is 25.1. The summed E-state index contributed by atoms with van der Waals surface area (Å²) in [4.78, 5) is 30.3. The predicted molar refractivity (Wildman–Crippen MR) is 135 cm³/mol. The third kappa shape index (κ3) is 5.90. The zero-order chi connectivity index (χ0) is 26.2. The lowest BCUT2D eigenvalue weighted by Gasteiger charge is -2.15. The van der Waals surface area contributed by atoms with Gasteiger partial charge in [0.1, 0.15) is 5.01 Å². The van der Waals surface area contributed by atoms with Gasteiger partial charge in [-0.3, -0.25) is 14.9 Å². The van der Waals surface area contributed by atoms with E-state index in [0.717, 1.165) is 48.4 Å². The summed E-state index contributed by atoms with van der Waals surface area (Å²) >= 11 is 8.65. The van der Waals surface area contributed by atoms with E-state index in [0.29, 0.717) is 15.9 Å². The van der Waals surface area contributed by atoms with Gasteiger partial charge in [0.15, 0.2) is 5.01 Å². The van der Waals surface area contributed by atoms with E-state index in [-0.39, 0.29) is 33.4 Å². The molecule has 1 saturated carbocycles. The van der Waals surface area contributed by atoms with Crippen molar-refractivity contribution in [2.24, 2.45) is 5.92 Å². The van der Waals surface area contributed by atoms with Crippen molar-refractivity contribution >= 4 is 45.3 Å². The number of alkyl halides is 3. The number of amides is 1. The van der Waals surface area contributed by atoms with Crippen LogP contribution in [0.4, 0.5) is 18.3 Å². The Hall–Kier alpha value is -3.53. The topological polar surface area (TPSA) is 89.8 Å². The number of thiazole rings is 1. The number of rotatable bonds is 5. The third-order valence-corrected chi connectivity index (χ3v) is 7.20. The lowest BCUT2D eigenvalue weighted by atomic mass is 9.99. The van der Waals surface area contributed by atoms with Gasteiger partial charge in [-0.15, -0.1) is 21.5 Å². The second-order valence-electron chi connectivity index (χ2n) is 8.10. The number of carbonyl (C=O) groups excluding carboxylic acids is 1. The lowest BCUT2D eigenvalue weighted by Crippen LogP contribution is -2.24. The number of hydrogen-bond acceptors (Lipinski definition) is 7. The van der Waals surface area contributed by atoms with Crippen LogP contribution in [-0.4, -0.2) is 25.7 Å². The number of carbonyl (C=O) groups is 1. The number of anilines is 1. The molecule has 13 heteroatoms. The van der Waals surface area contributed by atoms with Gasteiger partial charge < -0.3 is 4.57 Å². The van der Waals surface area contributed by atoms with Gasteiger partial charge in [0.05, 0.1) is 17.7 Å². The summed E-state index contributed by atoms with van der Waals surface area (Å²) in [6.07, 6.45) is 0.339. The number of halogens is 4. The standard InChI is InChI=1S/C24H15ClF3N5O2S2/c25-18-5-4-14(24(26,27)28)9-15(18)17-11-33(12-20-29-7-8-36-20)21(34)10-16(17)22(35)30-23-32-31-19(37-23)6-3-13-1-2-13/h4-5,7-11,13H,1-2,12H2,(H,30,32,35). The zero-order valence-corrected chi connectivity index (χ0v) is 21.1. The van der Waals surface area contributed by atoms with Crippen molar-refractivity contribution < 1.29 is 18.0 Å². The molecule has 0 atom stereocenters. The number of benzene rings is 1. The Kier molecular flexibility index (Phi) is 6.85. The molecule has 1 fully saturated rings. The van der Waals surface area contributed by atoms with Crippen LogP contribution in [0.2, 0.25) is 5.02 Å². The summed E-state index contributed by atoms with van der Waals surface area (Å²) in [5.74, 6) is 5.56. The summed E-state index contributed by atoms with van der Waals surface area (Å²) in [7, 11) is 0. The second-order valence-corrected chi connectivity index (χ2v) is 10.5. The van der Waals surface area contributed by atoms with Crippen molar-refractivity contribution in [3.8, 4) is 23.0 Å². The molecule has 4 aromatic rings. The highest BCUT2D eigenvalue weighted by Crippen LogP contribution is 2.37. The van der Waals surface area contributed by atoms with E-state index in [4.69, 9.17) is 11.6 Å². The molecule has 0 saturated heterocycles. The second kappa shape index (κ2) is 10.1. The van der Waals surface area contributed by atoms with Crippen LogP contribution in [0.5, 0.6) is 0 Å². The van der Waals surface area contributed by atoms with Crippen LogP contribution in [0, 0.1) is 17.8 Å². The minimum Gasteiger partial charge on any atom is -0.308 e. The Morgan fingerprint density at radius 3 is 2.73 bits per heavy atom. The van der Waals surface area contributed by atoms with E-state index in [2.05, 4.69) is 32.3 Å². The fraction of sp³-hybridized carbons (Fsp3) is 0.208. The van der Waals surface area contributed by atoms with Gasteiger partial charge in [0.25, 0.3) is 11.5 Å². The number of nitrogens with one attached hydrogen (secondary N) is 1. The Balaban J connectivity index is 1.55. The minimum atomic E-state index is -4.64. The SMILES string of the molecule is O=C(Nc1nnc(C#CC2CC2)s1)c1cc(=O)n(Cc2nccs2)cc1-c1cc(C(F)(F)F)ccc1Cl. The van der Waals surface area contributed by atoms with Gasteiger partial charge in [0, 0.05) is 45.9 Å². The fourth-order valence-electron chi connectivity index (χ4n) is 3.36. The molecule has 3 aromatic heterocycles. The molecule has 0 aliphatic heterocycles. The summed E-state index contributed by atoms with van der Waals surface area (Å²) in [6.45, 7) is 0.0708. The average Bonchev–Trinajstić information content (AvgIpc) is 3.33. The lowest BCUT2D eigenvalue weighted by molar-refractivity contribution is -0.137. The monoisotopic (exact) mass is 561 g/mol. The molecule has 0 spiro atoms. The van der Waals surface area contributed by atoms with E-state index in [1.807, 2.05) is 0 Å². The molecule has 37 heavy (non-hydrogen) atoms. The van der Waals surface area contributed by atoms with Crippen molar-refractivity contribution in [2.45, 2.75) is 25.6 Å². The molecule has 1 aromatic carbocycles. The maximum absolute atomic E-state index is 13.5. The van der Waals surface area contributed by atoms with Gasteiger partial charge in [-0.2, -0.15) is 13.2 Å². The molecule has 0 bridgehead atoms. The smallest absolute Gasteiger partial charge is 0.308 e. The summed E-state index contributed by atoms with van der Waals surface area (Å²) in [5, 5.41) is 13.3. The van der Waals surface area contributed by atoms with Crippen LogP contribution in [-0.2, 0) is 12.7 Å². The largest absolute Gasteiger partial charge is 0.416 e. The van der Waals surface area contributed by atoms with Crippen LogP contribution < -0.4 is 10.9 Å². The van der Waals surface area contributed by atoms with Gasteiger partial charge in [-0.1, -0.05) is 28.9 Å². The van der Waals surface area contributed by atoms with E-state index >= 15 is 0 Å². The maximum atomic E-state index is 13.5. The van der Waals surface area contributed by atoms with E-state index in [9.17, 15) is 22.8 Å². The highest BCUT2D eigenvalue weighted by molar-refractivity contribution is 7.15. The summed E-state index contributed by atoms with van der Waals surface area (Å²) < 4.78 is 41.7. The fourth-order valence-corrected chi connectivity index (χ4v) is 4.80. The van der Waals surface area contributed by atoms with Crippen LogP contribution in [0.1, 0.15) is 38.8 Å². The quantitative estimate of drug-likeness (QED) is 0.322. The molecule has 5 rings (SSSR count). The molecule has 0 unspecified atom stereocenters. The zero-order valence-electron chi connectivity index (χ0n) is 18.7. The molecular weight excluding hydrogens is 547 g/mol. The number of nitrogens with zero attached hydrogens (tertiary/aromatic N) is 4. The summed E-state index contributed by atoms with van der Waals surface area (Å²) in [5.41, 5.74) is -1.66. The first-order valence-electron chi connectivity index (χ1n) is 10.8. The van der Waals surface area contributed by atoms with Crippen LogP contribution >= 0.6 is 34.3 Å². The van der Waals surface area contributed by atoms with Gasteiger partial charge in [0.2, 0.25) is 5.13 Å². The first-order valence-corrected chi connectivity index (χ1v) is 12.9. The van der Waals surface area contributed by atoms with Crippen molar-refractivity contribution in [1.29, 1.82) is 0 Å². The number of pyridine rings is 1. The predicted octanol–water partition coefficient (Wildman–Crippen LogP) is 5.56. The Morgan fingerprint density at radius 1 is 1.22 bits per heavy atom. The van der Waals surface area contributed by atoms with E-state index in [1.54, 1.807) is 11.6 Å². The van der Waals surface area contributed by atoms with Crippen molar-refractivity contribution in [3.63, 3.8) is 0 Å². The van der Waals surface area contributed by atoms with Crippen molar-refractivity contribution in [3.05, 3.63) is 78.6 Å². The normalized spacial score (nSPS) is 13.2. The molecule has 1 aliphatic carbocycles. The minimum absolute atomic E-state index is 0.0185. The molecule has 7 nitrogen and oxygen atoms in total. The third-order valence-electron chi connectivity index (χ3n) is 5.35. The number of hydrogen-bond donors (Lipinski definition) is 1. The molecular formula is C24H15ClF3N5O2S2. The Labute approximate surface area is 221 Å². The molecule has 1 N–H and O–H groups in total. The van der Waals surface area contributed by atoms with Gasteiger partial charge in [-0.25, -0.2) is 4.98 Å². The maximum Gasteiger partial charge on any atom is 0.416 e. The average molecular weight is 562 g/mol. The Morgan fingerprint density at radius 2 is 2.03 bits per heavy atom. The van der Waals surface area contributed by atoms with Gasteiger partial charge >= 0.3 is 6.18 Å². The summed E-state index contributed by atoms with van der Waals surface area (Å²) in [6, 6.07) is 3.86.